The molecule has 1 fully saturated rings. The molecule has 2 aromatic carbocycles. The lowest BCUT2D eigenvalue weighted by Crippen LogP contribution is -2.43. The third-order valence-corrected chi connectivity index (χ3v) is 6.01. The number of rotatable bonds is 7. The molecule has 6 heteroatoms. The van der Waals surface area contributed by atoms with Crippen molar-refractivity contribution in [3.8, 4) is 11.4 Å². The lowest BCUT2D eigenvalue weighted by atomic mass is 10.0. The lowest BCUT2D eigenvalue weighted by Gasteiger charge is -2.37. The molecule has 1 aromatic heterocycles. The molecule has 158 valence electrons. The van der Waals surface area contributed by atoms with Gasteiger partial charge in [-0.3, -0.25) is 0 Å². The predicted octanol–water partition coefficient (Wildman–Crippen LogP) is 4.72. The van der Waals surface area contributed by atoms with Crippen LogP contribution in [-0.2, 0) is 6.42 Å². The van der Waals surface area contributed by atoms with Gasteiger partial charge < -0.3 is 14.3 Å². The Balaban J connectivity index is 1.23. The SMILES string of the molecule is Cc1ccc(-c2noc(CCCN(C)C3CCN(c4ccccc4)CC3)n2)cc1F. The highest BCUT2D eigenvalue weighted by Gasteiger charge is 2.22. The Kier molecular flexibility index (Phi) is 6.43. The summed E-state index contributed by atoms with van der Waals surface area (Å²) in [5.74, 6) is 0.808. The molecule has 1 saturated heterocycles. The first-order valence-electron chi connectivity index (χ1n) is 10.7. The number of para-hydroxylation sites is 1. The summed E-state index contributed by atoms with van der Waals surface area (Å²) in [4.78, 5) is 9.36. The van der Waals surface area contributed by atoms with Gasteiger partial charge in [0, 0.05) is 36.8 Å². The first-order chi connectivity index (χ1) is 14.6. The summed E-state index contributed by atoms with van der Waals surface area (Å²) >= 11 is 0. The zero-order chi connectivity index (χ0) is 20.9. The number of hydrogen-bond acceptors (Lipinski definition) is 5. The molecular formula is C24H29FN4O. The van der Waals surface area contributed by atoms with Gasteiger partial charge in [0.25, 0.3) is 0 Å². The molecular weight excluding hydrogens is 379 g/mol. The molecule has 5 nitrogen and oxygen atoms in total. The van der Waals surface area contributed by atoms with Crippen molar-refractivity contribution in [2.24, 2.45) is 0 Å². The monoisotopic (exact) mass is 408 g/mol. The minimum atomic E-state index is -0.251. The Bertz CT molecular complexity index is 951. The van der Waals surface area contributed by atoms with E-state index in [1.165, 1.54) is 24.6 Å². The van der Waals surface area contributed by atoms with Gasteiger partial charge in [-0.05, 0) is 63.5 Å². The van der Waals surface area contributed by atoms with Crippen molar-refractivity contribution in [2.45, 2.75) is 38.6 Å². The van der Waals surface area contributed by atoms with E-state index in [1.54, 1.807) is 13.0 Å². The van der Waals surface area contributed by atoms with Crippen LogP contribution < -0.4 is 4.90 Å². The summed E-state index contributed by atoms with van der Waals surface area (Å²) in [6.07, 6.45) is 4.04. The molecule has 0 unspecified atom stereocenters. The Labute approximate surface area is 177 Å². The average Bonchev–Trinajstić information content (AvgIpc) is 3.25. The van der Waals surface area contributed by atoms with Crippen LogP contribution in [0.3, 0.4) is 0 Å². The molecule has 2 heterocycles. The second-order valence-electron chi connectivity index (χ2n) is 8.11. The number of benzene rings is 2. The highest BCUT2D eigenvalue weighted by atomic mass is 19.1. The van der Waals surface area contributed by atoms with Crippen LogP contribution in [0, 0.1) is 12.7 Å². The van der Waals surface area contributed by atoms with Crippen molar-refractivity contribution in [1.29, 1.82) is 0 Å². The van der Waals surface area contributed by atoms with Gasteiger partial charge in [-0.15, -0.1) is 0 Å². The highest BCUT2D eigenvalue weighted by molar-refractivity contribution is 5.54. The fraction of sp³-hybridized carbons (Fsp3) is 0.417. The van der Waals surface area contributed by atoms with Crippen molar-refractivity contribution in [2.75, 3.05) is 31.6 Å². The van der Waals surface area contributed by atoms with Crippen molar-refractivity contribution < 1.29 is 8.91 Å². The number of aromatic nitrogens is 2. The van der Waals surface area contributed by atoms with Crippen LogP contribution in [0.2, 0.25) is 0 Å². The van der Waals surface area contributed by atoms with Crippen LogP contribution in [0.1, 0.15) is 30.7 Å². The average molecular weight is 409 g/mol. The van der Waals surface area contributed by atoms with E-state index < -0.39 is 0 Å². The van der Waals surface area contributed by atoms with Gasteiger partial charge >= 0.3 is 0 Å². The summed E-state index contributed by atoms with van der Waals surface area (Å²) in [7, 11) is 2.21. The van der Waals surface area contributed by atoms with E-state index >= 15 is 0 Å². The summed E-state index contributed by atoms with van der Waals surface area (Å²) in [5.41, 5.74) is 2.58. The lowest BCUT2D eigenvalue weighted by molar-refractivity contribution is 0.204. The topological polar surface area (TPSA) is 45.4 Å². The molecule has 4 rings (SSSR count). The summed E-state index contributed by atoms with van der Waals surface area (Å²) in [6, 6.07) is 16.3. The molecule has 0 aliphatic carbocycles. The maximum Gasteiger partial charge on any atom is 0.227 e. The van der Waals surface area contributed by atoms with Gasteiger partial charge in [0.15, 0.2) is 0 Å². The Morgan fingerprint density at radius 3 is 2.63 bits per heavy atom. The zero-order valence-electron chi connectivity index (χ0n) is 17.7. The normalized spacial score (nSPS) is 15.1. The van der Waals surface area contributed by atoms with Gasteiger partial charge in [-0.1, -0.05) is 35.5 Å². The molecule has 0 N–H and O–H groups in total. The van der Waals surface area contributed by atoms with E-state index in [4.69, 9.17) is 4.52 Å². The molecule has 1 aliphatic heterocycles. The second kappa shape index (κ2) is 9.39. The highest BCUT2D eigenvalue weighted by Crippen LogP contribution is 2.22. The van der Waals surface area contributed by atoms with Crippen molar-refractivity contribution >= 4 is 5.69 Å². The quantitative estimate of drug-likeness (QED) is 0.566. The van der Waals surface area contributed by atoms with Crippen molar-refractivity contribution in [3.63, 3.8) is 0 Å². The molecule has 1 aliphatic rings. The van der Waals surface area contributed by atoms with Crippen LogP contribution in [0.25, 0.3) is 11.4 Å². The first kappa shape index (κ1) is 20.5. The number of halogens is 1. The number of piperidine rings is 1. The second-order valence-corrected chi connectivity index (χ2v) is 8.11. The van der Waals surface area contributed by atoms with Crippen molar-refractivity contribution in [1.82, 2.24) is 15.0 Å². The third-order valence-electron chi connectivity index (χ3n) is 6.01. The van der Waals surface area contributed by atoms with Crippen LogP contribution >= 0.6 is 0 Å². The standard InChI is InChI=1S/C24H29FN4O/c1-18-10-11-19(17-22(18)25)24-26-23(30-27-24)9-6-14-28(2)20-12-15-29(16-13-20)21-7-4-3-5-8-21/h3-5,7-8,10-11,17,20H,6,9,12-16H2,1-2H3. The van der Waals surface area contributed by atoms with Crippen LogP contribution in [0.4, 0.5) is 10.1 Å². The maximum absolute atomic E-state index is 13.8. The fourth-order valence-corrected chi connectivity index (χ4v) is 4.07. The van der Waals surface area contributed by atoms with Crippen LogP contribution in [-0.4, -0.2) is 47.8 Å². The Morgan fingerprint density at radius 1 is 1.13 bits per heavy atom. The molecule has 3 aromatic rings. The number of hydrogen-bond donors (Lipinski definition) is 0. The molecule has 0 saturated carbocycles. The van der Waals surface area contributed by atoms with E-state index in [2.05, 4.69) is 57.3 Å². The zero-order valence-corrected chi connectivity index (χ0v) is 17.7. The third kappa shape index (κ3) is 4.87. The Hall–Kier alpha value is -2.73. The van der Waals surface area contributed by atoms with E-state index in [9.17, 15) is 4.39 Å². The van der Waals surface area contributed by atoms with Gasteiger partial charge in [0.05, 0.1) is 0 Å². The van der Waals surface area contributed by atoms with Crippen LogP contribution in [0.15, 0.2) is 53.1 Å². The predicted molar refractivity (Wildman–Crippen MR) is 117 cm³/mol. The molecule has 0 radical (unpaired) electrons. The smallest absolute Gasteiger partial charge is 0.227 e. The van der Waals surface area contributed by atoms with E-state index in [-0.39, 0.29) is 5.82 Å². The van der Waals surface area contributed by atoms with Crippen molar-refractivity contribution in [3.05, 3.63) is 65.8 Å². The van der Waals surface area contributed by atoms with E-state index in [1.807, 2.05) is 6.07 Å². The van der Waals surface area contributed by atoms with E-state index in [0.717, 1.165) is 32.5 Å². The van der Waals surface area contributed by atoms with Gasteiger partial charge in [0.2, 0.25) is 11.7 Å². The summed E-state index contributed by atoms with van der Waals surface area (Å²) < 4.78 is 19.1. The maximum atomic E-state index is 13.8. The number of anilines is 1. The molecule has 30 heavy (non-hydrogen) atoms. The fourth-order valence-electron chi connectivity index (χ4n) is 4.07. The van der Waals surface area contributed by atoms with E-state index in [0.29, 0.717) is 28.9 Å². The molecule has 0 spiro atoms. The molecule has 0 atom stereocenters. The number of nitrogens with zero attached hydrogens (tertiary/aromatic N) is 4. The van der Waals surface area contributed by atoms with Gasteiger partial charge in [0.1, 0.15) is 5.82 Å². The first-order valence-corrected chi connectivity index (χ1v) is 10.7. The molecule has 0 bridgehead atoms. The largest absolute Gasteiger partial charge is 0.371 e. The minimum Gasteiger partial charge on any atom is -0.371 e. The van der Waals surface area contributed by atoms with Gasteiger partial charge in [-0.2, -0.15) is 4.98 Å². The van der Waals surface area contributed by atoms with Gasteiger partial charge in [-0.25, -0.2) is 4.39 Å². The molecule has 0 amide bonds. The van der Waals surface area contributed by atoms with Crippen LogP contribution in [0.5, 0.6) is 0 Å². The summed E-state index contributed by atoms with van der Waals surface area (Å²) in [6.45, 7) is 4.92. The minimum absolute atomic E-state index is 0.251. The Morgan fingerprint density at radius 2 is 1.90 bits per heavy atom. The summed E-state index contributed by atoms with van der Waals surface area (Å²) in [5, 5.41) is 4.01. The number of aryl methyl sites for hydroxylation is 2.